The maximum atomic E-state index is 11.5. The molecule has 0 amide bonds. The highest BCUT2D eigenvalue weighted by Gasteiger charge is 2.45. The van der Waals surface area contributed by atoms with Gasteiger partial charge in [-0.3, -0.25) is 0 Å². The maximum Gasteiger partial charge on any atom is 0.339 e. The molecule has 3 fully saturated rings. The SMILES string of the molecule is O=C(O)c1cc(C2CC2)cnc1N1CC2(CCOCC2)C1. The molecule has 5 heteroatoms. The summed E-state index contributed by atoms with van der Waals surface area (Å²) in [5.41, 5.74) is 1.77. The second-order valence-corrected chi connectivity index (χ2v) is 6.69. The van der Waals surface area contributed by atoms with Gasteiger partial charge in [0.1, 0.15) is 11.4 Å². The van der Waals surface area contributed by atoms with Crippen molar-refractivity contribution in [1.29, 1.82) is 0 Å². The number of carboxylic acids is 1. The van der Waals surface area contributed by atoms with Gasteiger partial charge in [0.15, 0.2) is 0 Å². The number of aromatic nitrogens is 1. The van der Waals surface area contributed by atoms with E-state index in [0.29, 0.717) is 22.7 Å². The van der Waals surface area contributed by atoms with E-state index >= 15 is 0 Å². The predicted octanol–water partition coefficient (Wildman–Crippen LogP) is 2.27. The van der Waals surface area contributed by atoms with Crippen molar-refractivity contribution in [2.24, 2.45) is 5.41 Å². The summed E-state index contributed by atoms with van der Waals surface area (Å²) >= 11 is 0. The van der Waals surface area contributed by atoms with Crippen molar-refractivity contribution in [3.05, 3.63) is 23.4 Å². The third kappa shape index (κ3) is 2.29. The largest absolute Gasteiger partial charge is 0.478 e. The van der Waals surface area contributed by atoms with Crippen LogP contribution < -0.4 is 4.90 Å². The van der Waals surface area contributed by atoms with Gasteiger partial charge in [-0.25, -0.2) is 9.78 Å². The summed E-state index contributed by atoms with van der Waals surface area (Å²) < 4.78 is 5.42. The zero-order valence-corrected chi connectivity index (χ0v) is 12.0. The predicted molar refractivity (Wildman–Crippen MR) is 77.9 cm³/mol. The van der Waals surface area contributed by atoms with Gasteiger partial charge < -0.3 is 14.7 Å². The topological polar surface area (TPSA) is 62.7 Å². The highest BCUT2D eigenvalue weighted by Crippen LogP contribution is 2.44. The Labute approximate surface area is 123 Å². The number of nitrogens with zero attached hydrogens (tertiary/aromatic N) is 2. The first kappa shape index (κ1) is 13.1. The Kier molecular flexibility index (Phi) is 2.92. The third-order valence-electron chi connectivity index (χ3n) is 5.07. The van der Waals surface area contributed by atoms with E-state index in [2.05, 4.69) is 9.88 Å². The average molecular weight is 288 g/mol. The van der Waals surface area contributed by atoms with Crippen molar-refractivity contribution in [3.8, 4) is 0 Å². The van der Waals surface area contributed by atoms with Gasteiger partial charge in [0.2, 0.25) is 0 Å². The number of pyridine rings is 1. The minimum atomic E-state index is -0.868. The molecule has 1 aliphatic carbocycles. The lowest BCUT2D eigenvalue weighted by atomic mass is 9.73. The molecule has 21 heavy (non-hydrogen) atoms. The van der Waals surface area contributed by atoms with Crippen molar-refractivity contribution in [3.63, 3.8) is 0 Å². The van der Waals surface area contributed by atoms with Crippen LogP contribution in [0.25, 0.3) is 0 Å². The molecule has 1 spiro atoms. The molecule has 4 rings (SSSR count). The van der Waals surface area contributed by atoms with Crippen LogP contribution in [0.3, 0.4) is 0 Å². The van der Waals surface area contributed by atoms with Gasteiger partial charge in [0.25, 0.3) is 0 Å². The second kappa shape index (κ2) is 4.70. The number of anilines is 1. The number of hydrogen-bond acceptors (Lipinski definition) is 4. The van der Waals surface area contributed by atoms with Crippen LogP contribution in [-0.4, -0.2) is 42.4 Å². The molecule has 0 unspecified atom stereocenters. The Morgan fingerprint density at radius 1 is 1.33 bits per heavy atom. The normalized spacial score (nSPS) is 23.9. The fourth-order valence-corrected chi connectivity index (χ4v) is 3.56. The quantitative estimate of drug-likeness (QED) is 0.924. The fourth-order valence-electron chi connectivity index (χ4n) is 3.56. The lowest BCUT2D eigenvalue weighted by Gasteiger charge is -2.53. The van der Waals surface area contributed by atoms with Gasteiger partial charge in [-0.2, -0.15) is 0 Å². The molecule has 0 atom stereocenters. The van der Waals surface area contributed by atoms with Gasteiger partial charge in [-0.1, -0.05) is 0 Å². The lowest BCUT2D eigenvalue weighted by Crippen LogP contribution is -2.59. The molecule has 0 bridgehead atoms. The molecule has 5 nitrogen and oxygen atoms in total. The number of carboxylic acid groups (broad SMARTS) is 1. The Morgan fingerprint density at radius 3 is 2.67 bits per heavy atom. The number of carbonyl (C=O) groups is 1. The minimum absolute atomic E-state index is 0.324. The van der Waals surface area contributed by atoms with Crippen LogP contribution in [0.5, 0.6) is 0 Å². The summed E-state index contributed by atoms with van der Waals surface area (Å²) in [6.45, 7) is 3.47. The third-order valence-corrected chi connectivity index (χ3v) is 5.07. The smallest absolute Gasteiger partial charge is 0.339 e. The Bertz CT molecular complexity index is 569. The summed E-state index contributed by atoms with van der Waals surface area (Å²) in [5, 5.41) is 9.48. The van der Waals surface area contributed by atoms with Crippen LogP contribution in [0.1, 0.15) is 47.5 Å². The first-order chi connectivity index (χ1) is 10.2. The Hall–Kier alpha value is -1.62. The summed E-state index contributed by atoms with van der Waals surface area (Å²) in [5.74, 6) is 0.305. The number of ether oxygens (including phenoxy) is 1. The molecule has 2 saturated heterocycles. The van der Waals surface area contributed by atoms with Crippen molar-refractivity contribution in [2.75, 3.05) is 31.2 Å². The van der Waals surface area contributed by atoms with Crippen molar-refractivity contribution < 1.29 is 14.6 Å². The van der Waals surface area contributed by atoms with Gasteiger partial charge in [0.05, 0.1) is 0 Å². The van der Waals surface area contributed by atoms with Crippen LogP contribution in [-0.2, 0) is 4.74 Å². The van der Waals surface area contributed by atoms with Crippen LogP contribution in [0.4, 0.5) is 5.82 Å². The highest BCUT2D eigenvalue weighted by molar-refractivity contribution is 5.93. The standard InChI is InChI=1S/C16H20N2O3/c19-15(20)13-7-12(11-1-2-11)8-17-14(13)18-9-16(10-18)3-5-21-6-4-16/h7-8,11H,1-6,9-10H2,(H,19,20). The van der Waals surface area contributed by atoms with Gasteiger partial charge in [-0.05, 0) is 43.2 Å². The number of rotatable bonds is 3. The molecule has 3 heterocycles. The second-order valence-electron chi connectivity index (χ2n) is 6.69. The Morgan fingerprint density at radius 2 is 2.05 bits per heavy atom. The van der Waals surface area contributed by atoms with E-state index < -0.39 is 5.97 Å². The monoisotopic (exact) mass is 288 g/mol. The van der Waals surface area contributed by atoms with Crippen LogP contribution in [0.2, 0.25) is 0 Å². The molecule has 0 radical (unpaired) electrons. The van der Waals surface area contributed by atoms with E-state index in [9.17, 15) is 9.90 Å². The van der Waals surface area contributed by atoms with Gasteiger partial charge >= 0.3 is 5.97 Å². The van der Waals surface area contributed by atoms with E-state index in [1.54, 1.807) is 0 Å². The minimum Gasteiger partial charge on any atom is -0.478 e. The van der Waals surface area contributed by atoms with Crippen molar-refractivity contribution in [1.82, 2.24) is 4.98 Å². The summed E-state index contributed by atoms with van der Waals surface area (Å²) in [4.78, 5) is 18.1. The summed E-state index contributed by atoms with van der Waals surface area (Å²) in [7, 11) is 0. The molecule has 0 aromatic carbocycles. The molecule has 1 saturated carbocycles. The fraction of sp³-hybridized carbons (Fsp3) is 0.625. The first-order valence-corrected chi connectivity index (χ1v) is 7.73. The first-order valence-electron chi connectivity index (χ1n) is 7.73. The molecular formula is C16H20N2O3. The summed E-state index contributed by atoms with van der Waals surface area (Å²) in [6.07, 6.45) is 6.34. The molecule has 1 N–H and O–H groups in total. The molecule has 1 aromatic heterocycles. The van der Waals surface area contributed by atoms with Crippen molar-refractivity contribution >= 4 is 11.8 Å². The molecule has 112 valence electrons. The van der Waals surface area contributed by atoms with E-state index in [-0.39, 0.29) is 0 Å². The molecule has 2 aliphatic heterocycles. The van der Waals surface area contributed by atoms with E-state index in [4.69, 9.17) is 4.74 Å². The van der Waals surface area contributed by atoms with E-state index in [1.807, 2.05) is 12.3 Å². The van der Waals surface area contributed by atoms with Crippen LogP contribution in [0.15, 0.2) is 12.3 Å². The van der Waals surface area contributed by atoms with Crippen molar-refractivity contribution in [2.45, 2.75) is 31.6 Å². The molecular weight excluding hydrogens is 268 g/mol. The maximum absolute atomic E-state index is 11.5. The number of aromatic carboxylic acids is 1. The molecule has 3 aliphatic rings. The zero-order valence-electron chi connectivity index (χ0n) is 12.0. The lowest BCUT2D eigenvalue weighted by molar-refractivity contribution is -0.000569. The Balaban J connectivity index is 1.56. The van der Waals surface area contributed by atoms with Gasteiger partial charge in [-0.15, -0.1) is 0 Å². The number of hydrogen-bond donors (Lipinski definition) is 1. The molecule has 1 aromatic rings. The van der Waals surface area contributed by atoms with E-state index in [1.165, 1.54) is 0 Å². The average Bonchev–Trinajstić information content (AvgIpc) is 3.29. The van der Waals surface area contributed by atoms with E-state index in [0.717, 1.165) is 57.6 Å². The van der Waals surface area contributed by atoms with Crippen LogP contribution in [0, 0.1) is 5.41 Å². The van der Waals surface area contributed by atoms with Gasteiger partial charge in [0, 0.05) is 37.9 Å². The summed E-state index contributed by atoms with van der Waals surface area (Å²) in [6, 6.07) is 1.83. The zero-order chi connectivity index (χ0) is 14.4. The highest BCUT2D eigenvalue weighted by atomic mass is 16.5. The van der Waals surface area contributed by atoms with Crippen LogP contribution >= 0.6 is 0 Å².